The Labute approximate surface area is 112 Å². The maximum atomic E-state index is 12.1. The van der Waals surface area contributed by atoms with Crippen molar-refractivity contribution in [1.29, 1.82) is 0 Å². The van der Waals surface area contributed by atoms with Crippen LogP contribution in [0.1, 0.15) is 11.1 Å². The number of carbonyl (C=O) groups excluding carboxylic acids is 1. The molecule has 2 heterocycles. The quantitative estimate of drug-likeness (QED) is 0.798. The van der Waals surface area contributed by atoms with Gasteiger partial charge in [0, 0.05) is 25.3 Å². The zero-order chi connectivity index (χ0) is 13.1. The van der Waals surface area contributed by atoms with Crippen molar-refractivity contribution in [2.24, 2.45) is 0 Å². The highest BCUT2D eigenvalue weighted by atomic mass is 16.5. The van der Waals surface area contributed by atoms with Gasteiger partial charge in [0.25, 0.3) is 0 Å². The number of fused-ring (bicyclic) bond motifs is 1. The number of urea groups is 1. The highest BCUT2D eigenvalue weighted by Gasteiger charge is 2.17. The Balaban J connectivity index is 1.67. The van der Waals surface area contributed by atoms with Gasteiger partial charge in [-0.3, -0.25) is 0 Å². The summed E-state index contributed by atoms with van der Waals surface area (Å²) in [6, 6.07) is 6.14. The molecule has 0 unspecified atom stereocenters. The summed E-state index contributed by atoms with van der Waals surface area (Å²) in [4.78, 5) is 13.9. The molecule has 1 fully saturated rings. The van der Waals surface area contributed by atoms with Crippen LogP contribution in [-0.4, -0.2) is 43.8 Å². The lowest BCUT2D eigenvalue weighted by atomic mass is 10.0. The summed E-state index contributed by atoms with van der Waals surface area (Å²) in [5, 5.41) is 6.31. The fourth-order valence-electron chi connectivity index (χ4n) is 2.53. The van der Waals surface area contributed by atoms with E-state index in [2.05, 4.69) is 22.8 Å². The van der Waals surface area contributed by atoms with Crippen molar-refractivity contribution in [3.05, 3.63) is 29.3 Å². The van der Waals surface area contributed by atoms with Crippen molar-refractivity contribution >= 4 is 11.7 Å². The second-order valence-corrected chi connectivity index (χ2v) is 4.94. The maximum Gasteiger partial charge on any atom is 0.321 e. The second-order valence-electron chi connectivity index (χ2n) is 4.94. The van der Waals surface area contributed by atoms with E-state index in [-0.39, 0.29) is 6.03 Å². The molecular weight excluding hydrogens is 242 g/mol. The first-order valence-corrected chi connectivity index (χ1v) is 6.79. The Morgan fingerprint density at radius 1 is 1.26 bits per heavy atom. The first kappa shape index (κ1) is 12.4. The lowest BCUT2D eigenvalue weighted by molar-refractivity contribution is 0.0564. The standard InChI is InChI=1S/C14H19N3O2/c18-14(17-5-7-19-8-6-17)16-13-2-1-11-3-4-15-10-12(11)9-13/h1-2,9,15H,3-8,10H2,(H,16,18). The van der Waals surface area contributed by atoms with Gasteiger partial charge in [-0.25, -0.2) is 4.79 Å². The third kappa shape index (κ3) is 2.88. The van der Waals surface area contributed by atoms with Gasteiger partial charge in [-0.2, -0.15) is 0 Å². The highest BCUT2D eigenvalue weighted by molar-refractivity contribution is 5.89. The number of amides is 2. The molecule has 0 spiro atoms. The molecule has 2 aliphatic heterocycles. The van der Waals surface area contributed by atoms with Crippen LogP contribution in [-0.2, 0) is 17.7 Å². The Bertz CT molecular complexity index is 470. The molecule has 0 saturated carbocycles. The van der Waals surface area contributed by atoms with Gasteiger partial charge in [0.15, 0.2) is 0 Å². The van der Waals surface area contributed by atoms with Crippen LogP contribution in [0.5, 0.6) is 0 Å². The van der Waals surface area contributed by atoms with E-state index in [0.29, 0.717) is 26.3 Å². The van der Waals surface area contributed by atoms with E-state index in [1.165, 1.54) is 11.1 Å². The van der Waals surface area contributed by atoms with Crippen molar-refractivity contribution in [1.82, 2.24) is 10.2 Å². The summed E-state index contributed by atoms with van der Waals surface area (Å²) in [7, 11) is 0. The summed E-state index contributed by atoms with van der Waals surface area (Å²) in [5.41, 5.74) is 3.54. The molecule has 0 radical (unpaired) electrons. The predicted molar refractivity (Wildman–Crippen MR) is 73.3 cm³/mol. The van der Waals surface area contributed by atoms with Gasteiger partial charge in [0.2, 0.25) is 0 Å². The maximum absolute atomic E-state index is 12.1. The topological polar surface area (TPSA) is 53.6 Å². The summed E-state index contributed by atoms with van der Waals surface area (Å²) in [6.07, 6.45) is 1.06. The first-order chi connectivity index (χ1) is 9.33. The molecule has 0 atom stereocenters. The molecule has 2 aliphatic rings. The smallest absolute Gasteiger partial charge is 0.321 e. The highest BCUT2D eigenvalue weighted by Crippen LogP contribution is 2.19. The zero-order valence-corrected chi connectivity index (χ0v) is 10.9. The predicted octanol–water partition coefficient (Wildman–Crippen LogP) is 1.20. The van der Waals surface area contributed by atoms with Crippen LogP contribution in [0.25, 0.3) is 0 Å². The van der Waals surface area contributed by atoms with Gasteiger partial charge < -0.3 is 20.3 Å². The molecular formula is C14H19N3O2. The van der Waals surface area contributed by atoms with Crippen molar-refractivity contribution in [2.75, 3.05) is 38.2 Å². The van der Waals surface area contributed by atoms with E-state index >= 15 is 0 Å². The van der Waals surface area contributed by atoms with Gasteiger partial charge in [-0.05, 0) is 36.2 Å². The summed E-state index contributed by atoms with van der Waals surface area (Å²) >= 11 is 0. The molecule has 0 bridgehead atoms. The van der Waals surface area contributed by atoms with Crippen molar-refractivity contribution in [3.63, 3.8) is 0 Å². The lowest BCUT2D eigenvalue weighted by Crippen LogP contribution is -2.43. The van der Waals surface area contributed by atoms with E-state index in [1.54, 1.807) is 4.90 Å². The number of carbonyl (C=O) groups is 1. The van der Waals surface area contributed by atoms with Gasteiger partial charge in [0.1, 0.15) is 0 Å². The van der Waals surface area contributed by atoms with Crippen molar-refractivity contribution in [3.8, 4) is 0 Å². The van der Waals surface area contributed by atoms with E-state index < -0.39 is 0 Å². The molecule has 1 aromatic rings. The van der Waals surface area contributed by atoms with Crippen molar-refractivity contribution < 1.29 is 9.53 Å². The molecule has 1 saturated heterocycles. The molecule has 102 valence electrons. The number of hydrogen-bond acceptors (Lipinski definition) is 3. The number of rotatable bonds is 1. The number of benzene rings is 1. The average Bonchev–Trinajstić information content (AvgIpc) is 2.48. The van der Waals surface area contributed by atoms with E-state index in [1.807, 2.05) is 6.07 Å². The lowest BCUT2D eigenvalue weighted by Gasteiger charge is -2.27. The van der Waals surface area contributed by atoms with Crippen LogP contribution in [0.15, 0.2) is 18.2 Å². The molecule has 0 aliphatic carbocycles. The monoisotopic (exact) mass is 261 g/mol. The van der Waals surface area contributed by atoms with Crippen LogP contribution in [0, 0.1) is 0 Å². The second kappa shape index (κ2) is 5.59. The molecule has 5 nitrogen and oxygen atoms in total. The van der Waals surface area contributed by atoms with E-state index in [0.717, 1.165) is 25.2 Å². The van der Waals surface area contributed by atoms with Crippen LogP contribution in [0.3, 0.4) is 0 Å². The largest absolute Gasteiger partial charge is 0.378 e. The fraction of sp³-hybridized carbons (Fsp3) is 0.500. The number of ether oxygens (including phenoxy) is 1. The minimum Gasteiger partial charge on any atom is -0.378 e. The Morgan fingerprint density at radius 3 is 2.95 bits per heavy atom. The number of morpholine rings is 1. The molecule has 5 heteroatoms. The van der Waals surface area contributed by atoms with Crippen molar-refractivity contribution in [2.45, 2.75) is 13.0 Å². The Kier molecular flexibility index (Phi) is 3.66. The summed E-state index contributed by atoms with van der Waals surface area (Å²) in [5.74, 6) is 0. The number of anilines is 1. The van der Waals surface area contributed by atoms with Crippen LogP contribution in [0.4, 0.5) is 10.5 Å². The van der Waals surface area contributed by atoms with E-state index in [4.69, 9.17) is 4.74 Å². The van der Waals surface area contributed by atoms with Gasteiger partial charge in [-0.15, -0.1) is 0 Å². The zero-order valence-electron chi connectivity index (χ0n) is 10.9. The Hall–Kier alpha value is -1.59. The molecule has 19 heavy (non-hydrogen) atoms. The van der Waals surface area contributed by atoms with Crippen LogP contribution in [0.2, 0.25) is 0 Å². The number of nitrogens with zero attached hydrogens (tertiary/aromatic N) is 1. The normalized spacial score (nSPS) is 18.8. The summed E-state index contributed by atoms with van der Waals surface area (Å²) in [6.45, 7) is 4.50. The molecule has 2 amide bonds. The molecule has 3 rings (SSSR count). The number of hydrogen-bond donors (Lipinski definition) is 2. The van der Waals surface area contributed by atoms with Crippen LogP contribution >= 0.6 is 0 Å². The van der Waals surface area contributed by atoms with Gasteiger partial charge in [-0.1, -0.05) is 6.07 Å². The molecule has 1 aromatic carbocycles. The van der Waals surface area contributed by atoms with Crippen LogP contribution < -0.4 is 10.6 Å². The molecule has 0 aromatic heterocycles. The minimum atomic E-state index is -0.0352. The SMILES string of the molecule is O=C(Nc1ccc2c(c1)CNCC2)N1CCOCC1. The first-order valence-electron chi connectivity index (χ1n) is 6.79. The van der Waals surface area contributed by atoms with Gasteiger partial charge >= 0.3 is 6.03 Å². The Morgan fingerprint density at radius 2 is 2.11 bits per heavy atom. The minimum absolute atomic E-state index is 0.0352. The molecule has 2 N–H and O–H groups in total. The number of nitrogens with one attached hydrogen (secondary N) is 2. The van der Waals surface area contributed by atoms with Gasteiger partial charge in [0.05, 0.1) is 13.2 Å². The third-order valence-electron chi connectivity index (χ3n) is 3.64. The average molecular weight is 261 g/mol. The third-order valence-corrected chi connectivity index (χ3v) is 3.64. The fourth-order valence-corrected chi connectivity index (χ4v) is 2.53. The van der Waals surface area contributed by atoms with E-state index in [9.17, 15) is 4.79 Å². The summed E-state index contributed by atoms with van der Waals surface area (Å²) < 4.78 is 5.24.